The normalized spacial score (nSPS) is 12.9. The van der Waals surface area contributed by atoms with Crippen LogP contribution in [-0.2, 0) is 12.4 Å². The van der Waals surface area contributed by atoms with Crippen molar-refractivity contribution in [2.45, 2.75) is 12.4 Å². The minimum absolute atomic E-state index is 0.107. The molecule has 0 aliphatic heterocycles. The lowest BCUT2D eigenvalue weighted by atomic mass is 10.1. The summed E-state index contributed by atoms with van der Waals surface area (Å²) in [6.45, 7) is 0. The molecule has 16 heavy (non-hydrogen) atoms. The first-order valence-electron chi connectivity index (χ1n) is 3.70. The Balaban J connectivity index is 3.46. The summed E-state index contributed by atoms with van der Waals surface area (Å²) in [7, 11) is 0. The molecule has 1 aromatic rings. The van der Waals surface area contributed by atoms with Crippen molar-refractivity contribution in [1.82, 2.24) is 0 Å². The molecule has 0 unspecified atom stereocenters. The fourth-order valence-corrected chi connectivity index (χ4v) is 0.979. The van der Waals surface area contributed by atoms with Crippen molar-refractivity contribution in [2.75, 3.05) is 0 Å². The highest BCUT2D eigenvalue weighted by molar-refractivity contribution is 5.38. The topological polar surface area (TPSA) is 20.2 Å². The molecule has 0 fully saturated rings. The van der Waals surface area contributed by atoms with Crippen molar-refractivity contribution in [3.63, 3.8) is 0 Å². The van der Waals surface area contributed by atoms with Crippen molar-refractivity contribution < 1.29 is 35.8 Å². The Bertz CT molecular complexity index is 404. The quantitative estimate of drug-likeness (QED) is 0.696. The molecule has 0 saturated carbocycles. The molecule has 0 bridgehead atoms. The van der Waals surface area contributed by atoms with Crippen molar-refractivity contribution in [1.29, 1.82) is 0 Å². The first-order chi connectivity index (χ1) is 7.03. The van der Waals surface area contributed by atoms with Crippen LogP contribution < -0.4 is 0 Å². The SMILES string of the molecule is Oc1cc(C(F)(F)F)cc(C(F)(F)F)c1F. The average molecular weight is 248 g/mol. The van der Waals surface area contributed by atoms with Gasteiger partial charge in [0.15, 0.2) is 11.6 Å². The molecule has 0 aliphatic carbocycles. The molecule has 1 rings (SSSR count). The van der Waals surface area contributed by atoms with E-state index in [0.717, 1.165) is 0 Å². The van der Waals surface area contributed by atoms with E-state index < -0.39 is 41.1 Å². The van der Waals surface area contributed by atoms with Crippen molar-refractivity contribution in [3.8, 4) is 5.75 Å². The number of phenols is 1. The van der Waals surface area contributed by atoms with Crippen LogP contribution in [0.15, 0.2) is 12.1 Å². The lowest BCUT2D eigenvalue weighted by Crippen LogP contribution is -2.12. The Morgan fingerprint density at radius 1 is 0.875 bits per heavy atom. The second-order valence-corrected chi connectivity index (χ2v) is 2.85. The molecule has 90 valence electrons. The largest absolute Gasteiger partial charge is 0.505 e. The zero-order valence-electron chi connectivity index (χ0n) is 7.25. The number of rotatable bonds is 0. The van der Waals surface area contributed by atoms with Gasteiger partial charge in [-0.2, -0.15) is 26.3 Å². The third-order valence-electron chi connectivity index (χ3n) is 1.69. The number of hydrogen-bond acceptors (Lipinski definition) is 1. The van der Waals surface area contributed by atoms with Gasteiger partial charge in [-0.1, -0.05) is 0 Å². The maximum absolute atomic E-state index is 12.7. The Labute approximate surface area is 84.1 Å². The van der Waals surface area contributed by atoms with Crippen LogP contribution in [-0.4, -0.2) is 5.11 Å². The van der Waals surface area contributed by atoms with Crippen LogP contribution in [0.1, 0.15) is 11.1 Å². The first-order valence-corrected chi connectivity index (χ1v) is 3.70. The highest BCUT2D eigenvalue weighted by Gasteiger charge is 2.40. The van der Waals surface area contributed by atoms with E-state index in [0.29, 0.717) is 0 Å². The summed E-state index contributed by atoms with van der Waals surface area (Å²) in [5.41, 5.74) is -3.92. The molecule has 1 nitrogen and oxygen atoms in total. The van der Waals surface area contributed by atoms with Crippen molar-refractivity contribution in [2.24, 2.45) is 0 Å². The molecule has 1 N–H and O–H groups in total. The Morgan fingerprint density at radius 3 is 1.75 bits per heavy atom. The summed E-state index contributed by atoms with van der Waals surface area (Å²) in [6, 6.07) is -0.500. The number of halogens is 7. The molecule has 0 spiro atoms. The summed E-state index contributed by atoms with van der Waals surface area (Å²) in [5, 5.41) is 8.63. The van der Waals surface area contributed by atoms with Gasteiger partial charge in [0.1, 0.15) is 0 Å². The Hall–Kier alpha value is -1.47. The highest BCUT2D eigenvalue weighted by Crippen LogP contribution is 2.39. The van der Waals surface area contributed by atoms with Crippen LogP contribution in [0.2, 0.25) is 0 Å². The minimum atomic E-state index is -5.30. The summed E-state index contributed by atoms with van der Waals surface area (Å²) >= 11 is 0. The molecule has 0 atom stereocenters. The van der Waals surface area contributed by atoms with Gasteiger partial charge in [-0.05, 0) is 12.1 Å². The number of hydrogen-bond donors (Lipinski definition) is 1. The predicted octanol–water partition coefficient (Wildman–Crippen LogP) is 3.57. The summed E-state index contributed by atoms with van der Waals surface area (Å²) in [5.74, 6) is -3.82. The molecular weight excluding hydrogens is 245 g/mol. The van der Waals surface area contributed by atoms with Crippen LogP contribution in [0.4, 0.5) is 30.7 Å². The van der Waals surface area contributed by atoms with Gasteiger partial charge in [-0.25, -0.2) is 4.39 Å². The van der Waals surface area contributed by atoms with Gasteiger partial charge in [0, 0.05) is 0 Å². The molecule has 0 amide bonds. The minimum Gasteiger partial charge on any atom is -0.505 e. The van der Waals surface area contributed by atoms with E-state index in [1.165, 1.54) is 0 Å². The fraction of sp³-hybridized carbons (Fsp3) is 0.250. The number of phenolic OH excluding ortho intramolecular Hbond substituents is 1. The number of aromatic hydroxyl groups is 1. The fourth-order valence-electron chi connectivity index (χ4n) is 0.979. The summed E-state index contributed by atoms with van der Waals surface area (Å²) in [6.07, 6.45) is -10.4. The van der Waals surface area contributed by atoms with Crippen molar-refractivity contribution in [3.05, 3.63) is 29.1 Å². The van der Waals surface area contributed by atoms with E-state index in [1.807, 2.05) is 0 Å². The van der Waals surface area contributed by atoms with Gasteiger partial charge in [-0.3, -0.25) is 0 Å². The van der Waals surface area contributed by atoms with Crippen LogP contribution in [0.3, 0.4) is 0 Å². The third-order valence-corrected chi connectivity index (χ3v) is 1.69. The standard InChI is InChI=1S/C8H3F7O/c9-6-4(8(13,14)15)1-3(2-5(6)16)7(10,11)12/h1-2,16H. The second kappa shape index (κ2) is 3.53. The van der Waals surface area contributed by atoms with Crippen LogP contribution in [0.5, 0.6) is 5.75 Å². The maximum Gasteiger partial charge on any atom is 0.419 e. The van der Waals surface area contributed by atoms with Gasteiger partial charge in [-0.15, -0.1) is 0 Å². The van der Waals surface area contributed by atoms with Gasteiger partial charge in [0.25, 0.3) is 0 Å². The van der Waals surface area contributed by atoms with Gasteiger partial charge in [0.05, 0.1) is 11.1 Å². The van der Waals surface area contributed by atoms with Gasteiger partial charge < -0.3 is 5.11 Å². The Morgan fingerprint density at radius 2 is 1.38 bits per heavy atom. The molecule has 0 radical (unpaired) electrons. The van der Waals surface area contributed by atoms with E-state index in [1.54, 1.807) is 0 Å². The summed E-state index contributed by atoms with van der Waals surface area (Å²) in [4.78, 5) is 0. The lowest BCUT2D eigenvalue weighted by Gasteiger charge is -2.13. The van der Waals surface area contributed by atoms with Crippen LogP contribution in [0, 0.1) is 5.82 Å². The lowest BCUT2D eigenvalue weighted by molar-refractivity contribution is -0.144. The zero-order valence-corrected chi connectivity index (χ0v) is 7.25. The van der Waals surface area contributed by atoms with Crippen molar-refractivity contribution >= 4 is 0 Å². The van der Waals surface area contributed by atoms with Crippen LogP contribution >= 0.6 is 0 Å². The second-order valence-electron chi connectivity index (χ2n) is 2.85. The van der Waals surface area contributed by atoms with E-state index in [4.69, 9.17) is 5.11 Å². The predicted molar refractivity (Wildman–Crippen MR) is 38.1 cm³/mol. The highest BCUT2D eigenvalue weighted by atomic mass is 19.4. The molecular formula is C8H3F7O. The molecule has 0 heterocycles. The first kappa shape index (κ1) is 12.6. The molecule has 1 aromatic carbocycles. The van der Waals surface area contributed by atoms with E-state index in [2.05, 4.69) is 0 Å². The monoisotopic (exact) mass is 248 g/mol. The zero-order chi connectivity index (χ0) is 12.7. The third kappa shape index (κ3) is 2.37. The maximum atomic E-state index is 12.7. The molecule has 0 aromatic heterocycles. The van der Waals surface area contributed by atoms with E-state index in [-0.39, 0.29) is 6.07 Å². The number of alkyl halides is 6. The van der Waals surface area contributed by atoms with E-state index in [9.17, 15) is 30.7 Å². The van der Waals surface area contributed by atoms with Gasteiger partial charge >= 0.3 is 12.4 Å². The smallest absolute Gasteiger partial charge is 0.419 e. The molecule has 0 aliphatic rings. The van der Waals surface area contributed by atoms with Crippen LogP contribution in [0.25, 0.3) is 0 Å². The molecule has 8 heteroatoms. The van der Waals surface area contributed by atoms with E-state index >= 15 is 0 Å². The molecule has 0 saturated heterocycles. The average Bonchev–Trinajstić information content (AvgIpc) is 2.05. The Kier molecular flexibility index (Phi) is 2.78. The number of benzene rings is 1. The van der Waals surface area contributed by atoms with Gasteiger partial charge in [0.2, 0.25) is 0 Å². The summed E-state index contributed by atoms with van der Waals surface area (Å²) < 4.78 is 85.2.